The minimum atomic E-state index is -1.53. The fourth-order valence-electron chi connectivity index (χ4n) is 2.89. The Morgan fingerprint density at radius 2 is 1.75 bits per heavy atom. The summed E-state index contributed by atoms with van der Waals surface area (Å²) in [4.78, 5) is 12.4. The van der Waals surface area contributed by atoms with Crippen molar-refractivity contribution in [1.82, 2.24) is 5.32 Å². The Hall–Kier alpha value is -2.49. The van der Waals surface area contributed by atoms with Gasteiger partial charge >= 0.3 is 0 Å². The van der Waals surface area contributed by atoms with Crippen LogP contribution < -0.4 is 10.1 Å². The van der Waals surface area contributed by atoms with Crippen LogP contribution in [0, 0.1) is 0 Å². The highest BCUT2D eigenvalue weighted by Gasteiger charge is 2.44. The first-order valence-electron chi connectivity index (χ1n) is 8.89. The molecule has 5 atom stereocenters. The van der Waals surface area contributed by atoms with Crippen molar-refractivity contribution in [1.29, 1.82) is 0 Å². The molecule has 0 bridgehead atoms. The summed E-state index contributed by atoms with van der Waals surface area (Å²) in [5.74, 6) is -0.0696. The summed E-state index contributed by atoms with van der Waals surface area (Å²) >= 11 is 0. The van der Waals surface area contributed by atoms with E-state index in [1.165, 1.54) is 6.07 Å². The van der Waals surface area contributed by atoms with Crippen LogP contribution >= 0.6 is 0 Å². The third-order valence-corrected chi connectivity index (χ3v) is 4.49. The number of benzene rings is 2. The number of nitrogens with one attached hydrogen (secondary N) is 1. The number of aliphatic hydroxyl groups is 4. The molecule has 1 amide bonds. The van der Waals surface area contributed by atoms with Crippen molar-refractivity contribution in [3.05, 3.63) is 65.7 Å². The fraction of sp³-hybridized carbons (Fsp3) is 0.350. The summed E-state index contributed by atoms with van der Waals surface area (Å²) in [5.41, 5.74) is 1.31. The van der Waals surface area contributed by atoms with Crippen molar-refractivity contribution in [2.24, 2.45) is 0 Å². The quantitative estimate of drug-likeness (QED) is 0.463. The average Bonchev–Trinajstić information content (AvgIpc) is 2.73. The van der Waals surface area contributed by atoms with Gasteiger partial charge < -0.3 is 35.2 Å². The van der Waals surface area contributed by atoms with Crippen LogP contribution in [0.25, 0.3) is 0 Å². The SMILES string of the molecule is O=C(NCc1ccccc1)c1cccc(O[C@H]2O[C@H](CO)[C@H](O)[C@H](O)[C@H]2O)c1. The van der Waals surface area contributed by atoms with Gasteiger partial charge in [0.15, 0.2) is 0 Å². The third-order valence-electron chi connectivity index (χ3n) is 4.49. The van der Waals surface area contributed by atoms with Gasteiger partial charge in [-0.05, 0) is 23.8 Å². The zero-order valence-electron chi connectivity index (χ0n) is 15.0. The van der Waals surface area contributed by atoms with E-state index in [2.05, 4.69) is 5.32 Å². The molecule has 1 fully saturated rings. The molecule has 2 aromatic rings. The van der Waals surface area contributed by atoms with Crippen molar-refractivity contribution >= 4 is 5.91 Å². The number of carbonyl (C=O) groups is 1. The predicted molar refractivity (Wildman–Crippen MR) is 98.4 cm³/mol. The molecular formula is C20H23NO7. The van der Waals surface area contributed by atoms with Gasteiger partial charge in [0.1, 0.15) is 30.2 Å². The number of hydrogen-bond acceptors (Lipinski definition) is 7. The number of carbonyl (C=O) groups excluding carboxylic acids is 1. The summed E-state index contributed by atoms with van der Waals surface area (Å²) in [7, 11) is 0. The van der Waals surface area contributed by atoms with Gasteiger partial charge in [0, 0.05) is 12.1 Å². The van der Waals surface area contributed by atoms with Crippen LogP contribution in [-0.2, 0) is 11.3 Å². The van der Waals surface area contributed by atoms with Crippen molar-refractivity contribution in [3.8, 4) is 5.75 Å². The van der Waals surface area contributed by atoms with Gasteiger partial charge in [-0.1, -0.05) is 36.4 Å². The normalized spacial score (nSPS) is 27.2. The van der Waals surface area contributed by atoms with Gasteiger partial charge in [-0.2, -0.15) is 0 Å². The molecule has 0 aliphatic carbocycles. The molecule has 0 aromatic heterocycles. The third kappa shape index (κ3) is 4.67. The van der Waals surface area contributed by atoms with Gasteiger partial charge in [-0.25, -0.2) is 0 Å². The lowest BCUT2D eigenvalue weighted by Gasteiger charge is -2.39. The number of aliphatic hydroxyl groups excluding tert-OH is 4. The van der Waals surface area contributed by atoms with Gasteiger partial charge in [-0.15, -0.1) is 0 Å². The van der Waals surface area contributed by atoms with Crippen LogP contribution in [0.1, 0.15) is 15.9 Å². The van der Waals surface area contributed by atoms with Crippen molar-refractivity contribution < 1.29 is 34.7 Å². The van der Waals surface area contributed by atoms with Gasteiger partial charge in [0.25, 0.3) is 5.91 Å². The van der Waals surface area contributed by atoms with E-state index >= 15 is 0 Å². The predicted octanol–water partition coefficient (Wildman–Crippen LogP) is -0.205. The van der Waals surface area contributed by atoms with E-state index in [1.54, 1.807) is 18.2 Å². The first-order chi connectivity index (χ1) is 13.5. The van der Waals surface area contributed by atoms with Crippen LogP contribution in [-0.4, -0.2) is 63.6 Å². The molecule has 0 spiro atoms. The first kappa shape index (κ1) is 20.2. The molecule has 8 nitrogen and oxygen atoms in total. The van der Waals surface area contributed by atoms with Gasteiger partial charge in [-0.3, -0.25) is 4.79 Å². The maximum atomic E-state index is 12.4. The monoisotopic (exact) mass is 389 g/mol. The van der Waals surface area contributed by atoms with Gasteiger partial charge in [0.05, 0.1) is 6.61 Å². The lowest BCUT2D eigenvalue weighted by atomic mass is 9.99. The molecule has 150 valence electrons. The molecule has 0 saturated carbocycles. The van der Waals surface area contributed by atoms with E-state index in [0.29, 0.717) is 12.1 Å². The Morgan fingerprint density at radius 3 is 2.46 bits per heavy atom. The Balaban J connectivity index is 1.65. The molecule has 2 aromatic carbocycles. The molecule has 8 heteroatoms. The summed E-state index contributed by atoms with van der Waals surface area (Å²) < 4.78 is 10.8. The number of ether oxygens (including phenoxy) is 2. The van der Waals surface area contributed by atoms with Crippen molar-refractivity contribution in [3.63, 3.8) is 0 Å². The largest absolute Gasteiger partial charge is 0.462 e. The highest BCUT2D eigenvalue weighted by molar-refractivity contribution is 5.94. The molecular weight excluding hydrogens is 366 g/mol. The fourth-order valence-corrected chi connectivity index (χ4v) is 2.89. The van der Waals surface area contributed by atoms with Crippen LogP contribution in [0.3, 0.4) is 0 Å². The van der Waals surface area contributed by atoms with Crippen LogP contribution in [0.5, 0.6) is 5.75 Å². The molecule has 3 rings (SSSR count). The molecule has 1 heterocycles. The second kappa shape index (κ2) is 9.13. The van der Waals surface area contributed by atoms with E-state index < -0.39 is 37.3 Å². The Labute approximate surface area is 162 Å². The highest BCUT2D eigenvalue weighted by atomic mass is 16.7. The summed E-state index contributed by atoms with van der Waals surface area (Å²) in [6.45, 7) is -0.176. The Bertz CT molecular complexity index is 783. The van der Waals surface area contributed by atoms with Crippen LogP contribution in [0.2, 0.25) is 0 Å². The zero-order valence-corrected chi connectivity index (χ0v) is 15.0. The van der Waals surface area contributed by atoms with E-state index in [-0.39, 0.29) is 11.7 Å². The first-order valence-corrected chi connectivity index (χ1v) is 8.89. The molecule has 1 saturated heterocycles. The summed E-state index contributed by atoms with van der Waals surface area (Å²) in [5, 5.41) is 41.7. The lowest BCUT2D eigenvalue weighted by Crippen LogP contribution is -2.60. The number of hydrogen-bond donors (Lipinski definition) is 5. The average molecular weight is 389 g/mol. The maximum absolute atomic E-state index is 12.4. The van der Waals surface area contributed by atoms with E-state index in [9.17, 15) is 25.2 Å². The van der Waals surface area contributed by atoms with E-state index in [1.807, 2.05) is 30.3 Å². The molecule has 1 aliphatic rings. The Kier molecular flexibility index (Phi) is 6.61. The lowest BCUT2D eigenvalue weighted by molar-refractivity contribution is -0.277. The van der Waals surface area contributed by atoms with Crippen LogP contribution in [0.15, 0.2) is 54.6 Å². The van der Waals surface area contributed by atoms with Crippen molar-refractivity contribution in [2.75, 3.05) is 6.61 Å². The smallest absolute Gasteiger partial charge is 0.251 e. The summed E-state index contributed by atoms with van der Waals surface area (Å²) in [6, 6.07) is 15.7. The number of amides is 1. The number of rotatable bonds is 6. The minimum Gasteiger partial charge on any atom is -0.462 e. The second-order valence-electron chi connectivity index (χ2n) is 6.51. The standard InChI is InChI=1S/C20H23NO7/c22-11-15-16(23)17(24)18(25)20(28-15)27-14-8-4-7-13(9-14)19(26)21-10-12-5-2-1-3-6-12/h1-9,15-18,20,22-25H,10-11H2,(H,21,26)/t15-,16+,17+,18-,20+/m1/s1. The van der Waals surface area contributed by atoms with E-state index in [0.717, 1.165) is 5.56 Å². The molecule has 1 aliphatic heterocycles. The Morgan fingerprint density at radius 1 is 1.00 bits per heavy atom. The zero-order chi connectivity index (χ0) is 20.1. The van der Waals surface area contributed by atoms with Crippen molar-refractivity contribution in [2.45, 2.75) is 37.3 Å². The molecule has 0 unspecified atom stereocenters. The summed E-state index contributed by atoms with van der Waals surface area (Å²) in [6.07, 6.45) is -6.89. The molecule has 5 N–H and O–H groups in total. The van der Waals surface area contributed by atoms with E-state index in [4.69, 9.17) is 9.47 Å². The molecule has 0 radical (unpaired) electrons. The highest BCUT2D eigenvalue weighted by Crippen LogP contribution is 2.24. The topological polar surface area (TPSA) is 128 Å². The second-order valence-corrected chi connectivity index (χ2v) is 6.51. The van der Waals surface area contributed by atoms with Crippen LogP contribution in [0.4, 0.5) is 0 Å². The van der Waals surface area contributed by atoms with Gasteiger partial charge in [0.2, 0.25) is 6.29 Å². The molecule has 28 heavy (non-hydrogen) atoms. The maximum Gasteiger partial charge on any atom is 0.251 e. The minimum absolute atomic E-state index is 0.233.